The predicted molar refractivity (Wildman–Crippen MR) is 104 cm³/mol. The molecule has 2 aromatic rings. The summed E-state index contributed by atoms with van der Waals surface area (Å²) in [6, 6.07) is 2.12. The highest BCUT2D eigenvalue weighted by Gasteiger charge is 2.30. The molecule has 0 aromatic carbocycles. The summed E-state index contributed by atoms with van der Waals surface area (Å²) in [5.74, 6) is 0.616. The minimum Gasteiger partial charge on any atom is -0.369 e. The van der Waals surface area contributed by atoms with Crippen LogP contribution >= 0.6 is 0 Å². The topological polar surface area (TPSA) is 83.1 Å². The second kappa shape index (κ2) is 8.14. The lowest BCUT2D eigenvalue weighted by molar-refractivity contribution is -0.0222. The average molecular weight is 359 g/mol. The number of rotatable bonds is 6. The number of hydrogen-bond donors (Lipinski definition) is 2. The van der Waals surface area contributed by atoms with E-state index in [1.54, 1.807) is 12.3 Å². The van der Waals surface area contributed by atoms with Gasteiger partial charge in [-0.05, 0) is 32.8 Å². The third kappa shape index (κ3) is 3.73. The Labute approximate surface area is 154 Å². The quantitative estimate of drug-likeness (QED) is 0.824. The molecule has 1 fully saturated rings. The van der Waals surface area contributed by atoms with E-state index in [4.69, 9.17) is 9.72 Å². The van der Waals surface area contributed by atoms with Crippen LogP contribution in [0.3, 0.4) is 0 Å². The average Bonchev–Trinajstić information content (AvgIpc) is 2.61. The normalized spacial score (nSPS) is 23.3. The van der Waals surface area contributed by atoms with Gasteiger partial charge in [0.05, 0.1) is 17.7 Å². The number of pyridine rings is 1. The van der Waals surface area contributed by atoms with Gasteiger partial charge >= 0.3 is 0 Å². The lowest BCUT2D eigenvalue weighted by Gasteiger charge is -2.34. The Morgan fingerprint density at radius 2 is 2.00 bits per heavy atom. The number of nitrogens with zero attached hydrogens (tertiary/aromatic N) is 3. The van der Waals surface area contributed by atoms with Crippen LogP contribution in [0.15, 0.2) is 17.1 Å². The standard InChI is InChI=1S/C19H29N5O2/c1-5-9-24(10-6-2)19-22-15-14(18(25)23-19)7-8-20-16(15)17-13(4)21-12(3)11-26-17/h7-8,12-13,17,21H,5-6,9-11H2,1-4H3,(H,22,23,25)/t12-,13+,17?/m0/s1. The summed E-state index contributed by atoms with van der Waals surface area (Å²) in [4.78, 5) is 27.1. The molecule has 0 spiro atoms. The zero-order valence-corrected chi connectivity index (χ0v) is 16.1. The molecular weight excluding hydrogens is 330 g/mol. The first-order chi connectivity index (χ1) is 12.5. The van der Waals surface area contributed by atoms with Crippen molar-refractivity contribution in [3.8, 4) is 0 Å². The van der Waals surface area contributed by atoms with Crippen LogP contribution in [0.4, 0.5) is 5.95 Å². The van der Waals surface area contributed by atoms with Crippen molar-refractivity contribution in [3.63, 3.8) is 0 Å². The molecule has 7 heteroatoms. The van der Waals surface area contributed by atoms with Gasteiger partial charge in [-0.15, -0.1) is 0 Å². The zero-order valence-electron chi connectivity index (χ0n) is 16.1. The molecule has 0 amide bonds. The van der Waals surface area contributed by atoms with Crippen molar-refractivity contribution in [2.24, 2.45) is 0 Å². The monoisotopic (exact) mass is 359 g/mol. The van der Waals surface area contributed by atoms with E-state index in [1.165, 1.54) is 0 Å². The first kappa shape index (κ1) is 18.8. The second-order valence-corrected chi connectivity index (χ2v) is 7.08. The van der Waals surface area contributed by atoms with Crippen LogP contribution in [-0.2, 0) is 4.74 Å². The molecule has 1 aliphatic heterocycles. The molecule has 26 heavy (non-hydrogen) atoms. The van der Waals surface area contributed by atoms with Crippen LogP contribution in [0.1, 0.15) is 52.3 Å². The Morgan fingerprint density at radius 1 is 1.27 bits per heavy atom. The van der Waals surface area contributed by atoms with Crippen molar-refractivity contribution in [2.45, 2.75) is 58.7 Å². The van der Waals surface area contributed by atoms with E-state index < -0.39 is 0 Å². The van der Waals surface area contributed by atoms with Crippen LogP contribution in [0.25, 0.3) is 10.9 Å². The van der Waals surface area contributed by atoms with E-state index in [0.29, 0.717) is 29.5 Å². The summed E-state index contributed by atoms with van der Waals surface area (Å²) < 4.78 is 6.04. The molecule has 2 N–H and O–H groups in total. The maximum atomic E-state index is 12.7. The number of ether oxygens (including phenoxy) is 1. The van der Waals surface area contributed by atoms with Crippen LogP contribution in [0.5, 0.6) is 0 Å². The molecule has 1 saturated heterocycles. The third-order valence-corrected chi connectivity index (χ3v) is 4.72. The van der Waals surface area contributed by atoms with Crippen LogP contribution in [0.2, 0.25) is 0 Å². The van der Waals surface area contributed by atoms with Crippen molar-refractivity contribution in [3.05, 3.63) is 28.3 Å². The lowest BCUT2D eigenvalue weighted by atomic mass is 10.0. The SMILES string of the molecule is CCCN(CCC)c1nc2c(C3OC[C@H](C)N[C@@H]3C)nccc2c(=O)[nH]1. The molecule has 3 heterocycles. The second-order valence-electron chi connectivity index (χ2n) is 7.08. The van der Waals surface area contributed by atoms with Gasteiger partial charge in [0.25, 0.3) is 5.56 Å². The van der Waals surface area contributed by atoms with Crippen molar-refractivity contribution >= 4 is 16.9 Å². The summed E-state index contributed by atoms with van der Waals surface area (Å²) in [5.41, 5.74) is 1.24. The molecule has 0 aliphatic carbocycles. The van der Waals surface area contributed by atoms with Gasteiger partial charge in [0.15, 0.2) is 0 Å². The molecule has 1 aliphatic rings. The highest BCUT2D eigenvalue weighted by molar-refractivity contribution is 5.81. The molecule has 3 atom stereocenters. The van der Waals surface area contributed by atoms with Gasteiger partial charge in [0.1, 0.15) is 11.6 Å². The van der Waals surface area contributed by atoms with Gasteiger partial charge in [-0.1, -0.05) is 13.8 Å². The number of aromatic nitrogens is 3. The number of morpholine rings is 1. The maximum absolute atomic E-state index is 12.7. The minimum absolute atomic E-state index is 0.101. The van der Waals surface area contributed by atoms with Crippen LogP contribution in [-0.4, -0.2) is 46.7 Å². The van der Waals surface area contributed by atoms with Crippen molar-refractivity contribution < 1.29 is 4.74 Å². The van der Waals surface area contributed by atoms with E-state index in [-0.39, 0.29) is 17.7 Å². The van der Waals surface area contributed by atoms with Gasteiger partial charge in [-0.3, -0.25) is 14.8 Å². The number of anilines is 1. The molecular formula is C19H29N5O2. The van der Waals surface area contributed by atoms with E-state index in [1.807, 2.05) is 0 Å². The summed E-state index contributed by atoms with van der Waals surface area (Å²) in [6.45, 7) is 10.7. The van der Waals surface area contributed by atoms with Gasteiger partial charge in [-0.25, -0.2) is 4.98 Å². The Kier molecular flexibility index (Phi) is 5.88. The smallest absolute Gasteiger partial charge is 0.260 e. The van der Waals surface area contributed by atoms with Gasteiger partial charge in [0.2, 0.25) is 5.95 Å². The number of hydrogen-bond acceptors (Lipinski definition) is 6. The van der Waals surface area contributed by atoms with Gasteiger partial charge < -0.3 is 15.0 Å². The predicted octanol–water partition coefficient (Wildman–Crippen LogP) is 2.38. The Hall–Kier alpha value is -1.99. The summed E-state index contributed by atoms with van der Waals surface area (Å²) in [7, 11) is 0. The van der Waals surface area contributed by atoms with E-state index in [9.17, 15) is 4.79 Å². The zero-order chi connectivity index (χ0) is 18.7. The van der Waals surface area contributed by atoms with Crippen molar-refractivity contribution in [1.29, 1.82) is 0 Å². The van der Waals surface area contributed by atoms with E-state index in [2.05, 4.69) is 47.9 Å². The fourth-order valence-corrected chi connectivity index (χ4v) is 3.59. The Bertz CT molecular complexity index is 800. The fourth-order valence-electron chi connectivity index (χ4n) is 3.59. The number of aromatic amines is 1. The molecule has 0 bridgehead atoms. The molecule has 0 saturated carbocycles. The number of H-pyrrole nitrogens is 1. The number of nitrogens with one attached hydrogen (secondary N) is 2. The summed E-state index contributed by atoms with van der Waals surface area (Å²) in [6.07, 6.45) is 3.43. The highest BCUT2D eigenvalue weighted by atomic mass is 16.5. The summed E-state index contributed by atoms with van der Waals surface area (Å²) in [5, 5.41) is 4.05. The molecule has 7 nitrogen and oxygen atoms in total. The lowest BCUT2D eigenvalue weighted by Crippen LogP contribution is -2.47. The molecule has 142 valence electrons. The van der Waals surface area contributed by atoms with Gasteiger partial charge in [-0.2, -0.15) is 0 Å². The highest BCUT2D eigenvalue weighted by Crippen LogP contribution is 2.28. The van der Waals surface area contributed by atoms with Crippen molar-refractivity contribution in [1.82, 2.24) is 20.3 Å². The fraction of sp³-hybridized carbons (Fsp3) is 0.632. The summed E-state index contributed by atoms with van der Waals surface area (Å²) >= 11 is 0. The van der Waals surface area contributed by atoms with Gasteiger partial charge in [0, 0.05) is 31.4 Å². The molecule has 1 unspecified atom stereocenters. The van der Waals surface area contributed by atoms with Crippen molar-refractivity contribution in [2.75, 3.05) is 24.6 Å². The molecule has 2 aromatic heterocycles. The van der Waals surface area contributed by atoms with Crippen LogP contribution in [0, 0.1) is 0 Å². The maximum Gasteiger partial charge on any atom is 0.260 e. The first-order valence-corrected chi connectivity index (χ1v) is 9.56. The molecule has 0 radical (unpaired) electrons. The first-order valence-electron chi connectivity index (χ1n) is 9.56. The van der Waals surface area contributed by atoms with Crippen LogP contribution < -0.4 is 15.8 Å². The largest absolute Gasteiger partial charge is 0.369 e. The number of fused-ring (bicyclic) bond motifs is 1. The van der Waals surface area contributed by atoms with E-state index >= 15 is 0 Å². The minimum atomic E-state index is -0.220. The third-order valence-electron chi connectivity index (χ3n) is 4.72. The van der Waals surface area contributed by atoms with E-state index in [0.717, 1.165) is 31.6 Å². The Morgan fingerprint density at radius 3 is 2.65 bits per heavy atom. The Balaban J connectivity index is 2.08. The molecule has 3 rings (SSSR count).